The Bertz CT molecular complexity index is 467. The van der Waals surface area contributed by atoms with E-state index < -0.39 is 0 Å². The van der Waals surface area contributed by atoms with Crippen LogP contribution in [-0.2, 0) is 18.3 Å². The summed E-state index contributed by atoms with van der Waals surface area (Å²) in [6.07, 6.45) is 3.30. The molecule has 0 bridgehead atoms. The summed E-state index contributed by atoms with van der Waals surface area (Å²) in [4.78, 5) is 4.24. The van der Waals surface area contributed by atoms with Gasteiger partial charge in [-0.2, -0.15) is 5.10 Å². The molecule has 1 heterocycles. The molecule has 0 fully saturated rings. The monoisotopic (exact) mass is 309 g/mol. The first-order valence-electron chi connectivity index (χ1n) is 8.11. The zero-order valence-electron chi connectivity index (χ0n) is 14.7. The van der Waals surface area contributed by atoms with Crippen LogP contribution in [0.5, 0.6) is 0 Å². The summed E-state index contributed by atoms with van der Waals surface area (Å²) < 4.78 is 7.45. The van der Waals surface area contributed by atoms with E-state index in [-0.39, 0.29) is 0 Å². The van der Waals surface area contributed by atoms with E-state index in [4.69, 9.17) is 4.74 Å². The number of nitrogens with one attached hydrogen (secondary N) is 2. The smallest absolute Gasteiger partial charge is 0.191 e. The summed E-state index contributed by atoms with van der Waals surface area (Å²) in [5.74, 6) is 0.816. The second kappa shape index (κ2) is 10.2. The van der Waals surface area contributed by atoms with Crippen molar-refractivity contribution in [1.29, 1.82) is 0 Å². The molecule has 0 unspecified atom stereocenters. The molecule has 0 aromatic carbocycles. The molecule has 6 nitrogen and oxygen atoms in total. The summed E-state index contributed by atoms with van der Waals surface area (Å²) in [5.41, 5.74) is 3.48. The molecule has 22 heavy (non-hydrogen) atoms. The van der Waals surface area contributed by atoms with Gasteiger partial charge in [0.05, 0.1) is 5.69 Å². The lowest BCUT2D eigenvalue weighted by molar-refractivity contribution is 0.129. The lowest BCUT2D eigenvalue weighted by Gasteiger charge is -2.12. The first kappa shape index (κ1) is 18.5. The van der Waals surface area contributed by atoms with Crippen LogP contribution < -0.4 is 10.6 Å². The molecule has 0 spiro atoms. The van der Waals surface area contributed by atoms with Crippen molar-refractivity contribution in [2.75, 3.05) is 26.8 Å². The molecular weight excluding hydrogens is 278 g/mol. The largest absolute Gasteiger partial charge is 0.381 e. The zero-order valence-corrected chi connectivity index (χ0v) is 14.7. The number of aryl methyl sites for hydroxylation is 2. The normalized spacial score (nSPS) is 11.8. The average Bonchev–Trinajstić information content (AvgIpc) is 2.75. The Kier molecular flexibility index (Phi) is 8.58. The Balaban J connectivity index is 2.25. The number of hydrogen-bond acceptors (Lipinski definition) is 3. The maximum Gasteiger partial charge on any atom is 0.191 e. The molecule has 0 saturated heterocycles. The summed E-state index contributed by atoms with van der Waals surface area (Å²) in [6.45, 7) is 9.55. The fraction of sp³-hybridized carbons (Fsp3) is 0.750. The summed E-state index contributed by atoms with van der Waals surface area (Å²) >= 11 is 0. The van der Waals surface area contributed by atoms with Crippen molar-refractivity contribution < 1.29 is 4.74 Å². The number of nitrogens with zero attached hydrogens (tertiary/aromatic N) is 3. The Labute approximate surface area is 134 Å². The third-order valence-electron chi connectivity index (χ3n) is 3.72. The third kappa shape index (κ3) is 6.05. The van der Waals surface area contributed by atoms with Crippen LogP contribution in [0, 0.1) is 13.8 Å². The van der Waals surface area contributed by atoms with Crippen LogP contribution in [0.3, 0.4) is 0 Å². The van der Waals surface area contributed by atoms with Gasteiger partial charge in [0.25, 0.3) is 0 Å². The minimum absolute atomic E-state index is 0.734. The van der Waals surface area contributed by atoms with Crippen molar-refractivity contribution in [2.24, 2.45) is 12.0 Å². The standard InChI is InChI=1S/C16H31N5O/c1-6-7-10-22-11-8-9-18-16(17-4)19-12-15-13(2)20-21(5)14(15)3/h6-12H2,1-5H3,(H2,17,18,19). The molecule has 1 rings (SSSR count). The molecule has 1 aromatic heterocycles. The molecule has 126 valence electrons. The third-order valence-corrected chi connectivity index (χ3v) is 3.72. The lowest BCUT2D eigenvalue weighted by atomic mass is 10.2. The second-order valence-corrected chi connectivity index (χ2v) is 5.45. The molecule has 2 N–H and O–H groups in total. The Morgan fingerprint density at radius 2 is 1.95 bits per heavy atom. The van der Waals surface area contributed by atoms with Gasteiger partial charge in [0.1, 0.15) is 0 Å². The van der Waals surface area contributed by atoms with Crippen LogP contribution in [0.15, 0.2) is 4.99 Å². The molecule has 0 saturated carbocycles. The molecule has 0 radical (unpaired) electrons. The highest BCUT2D eigenvalue weighted by molar-refractivity contribution is 5.79. The van der Waals surface area contributed by atoms with Gasteiger partial charge in [-0.15, -0.1) is 0 Å². The Morgan fingerprint density at radius 3 is 2.55 bits per heavy atom. The van der Waals surface area contributed by atoms with Gasteiger partial charge in [-0.3, -0.25) is 9.67 Å². The van der Waals surface area contributed by atoms with Gasteiger partial charge in [0.2, 0.25) is 0 Å². The highest BCUT2D eigenvalue weighted by Crippen LogP contribution is 2.10. The van der Waals surface area contributed by atoms with Gasteiger partial charge in [-0.05, 0) is 26.7 Å². The van der Waals surface area contributed by atoms with E-state index in [0.717, 1.165) is 50.8 Å². The summed E-state index contributed by atoms with van der Waals surface area (Å²) in [5, 5.41) is 11.1. The average molecular weight is 309 g/mol. The topological polar surface area (TPSA) is 63.5 Å². The van der Waals surface area contributed by atoms with Gasteiger partial charge in [-0.25, -0.2) is 0 Å². The van der Waals surface area contributed by atoms with Crippen molar-refractivity contribution in [3.8, 4) is 0 Å². The minimum atomic E-state index is 0.734. The summed E-state index contributed by atoms with van der Waals surface area (Å²) in [6, 6.07) is 0. The number of rotatable bonds is 9. The van der Waals surface area contributed by atoms with E-state index in [1.165, 1.54) is 17.7 Å². The van der Waals surface area contributed by atoms with E-state index >= 15 is 0 Å². The van der Waals surface area contributed by atoms with E-state index in [2.05, 4.69) is 34.6 Å². The second-order valence-electron chi connectivity index (χ2n) is 5.45. The maximum absolute atomic E-state index is 5.54. The zero-order chi connectivity index (χ0) is 16.4. The predicted molar refractivity (Wildman–Crippen MR) is 91.2 cm³/mol. The number of unbranched alkanes of at least 4 members (excludes halogenated alkanes) is 1. The SMILES string of the molecule is CCCCOCCCNC(=NC)NCc1c(C)nn(C)c1C. The first-order valence-corrected chi connectivity index (χ1v) is 8.11. The number of aliphatic imine (C=N–C) groups is 1. The van der Waals surface area contributed by atoms with Crippen LogP contribution in [0.4, 0.5) is 0 Å². The van der Waals surface area contributed by atoms with E-state index in [1.807, 2.05) is 18.7 Å². The van der Waals surface area contributed by atoms with Crippen molar-refractivity contribution in [3.63, 3.8) is 0 Å². The van der Waals surface area contributed by atoms with Gasteiger partial charge in [-0.1, -0.05) is 13.3 Å². The molecule has 0 aliphatic carbocycles. The summed E-state index contributed by atoms with van der Waals surface area (Å²) in [7, 11) is 3.76. The van der Waals surface area contributed by atoms with Crippen LogP contribution in [0.25, 0.3) is 0 Å². The van der Waals surface area contributed by atoms with Crippen LogP contribution >= 0.6 is 0 Å². The predicted octanol–water partition coefficient (Wildman–Crippen LogP) is 1.91. The minimum Gasteiger partial charge on any atom is -0.381 e. The highest BCUT2D eigenvalue weighted by Gasteiger charge is 2.09. The van der Waals surface area contributed by atoms with Crippen LogP contribution in [-0.4, -0.2) is 42.5 Å². The number of hydrogen-bond donors (Lipinski definition) is 2. The first-order chi connectivity index (χ1) is 10.6. The van der Waals surface area contributed by atoms with Crippen LogP contribution in [0.2, 0.25) is 0 Å². The van der Waals surface area contributed by atoms with Crippen LogP contribution in [0.1, 0.15) is 43.1 Å². The van der Waals surface area contributed by atoms with E-state index in [9.17, 15) is 0 Å². The molecule has 0 atom stereocenters. The van der Waals surface area contributed by atoms with Gasteiger partial charge < -0.3 is 15.4 Å². The molecule has 0 amide bonds. The lowest BCUT2D eigenvalue weighted by Crippen LogP contribution is -2.37. The van der Waals surface area contributed by atoms with Gasteiger partial charge >= 0.3 is 0 Å². The molecular formula is C16H31N5O. The fourth-order valence-electron chi connectivity index (χ4n) is 2.20. The number of aromatic nitrogens is 2. The molecule has 6 heteroatoms. The Morgan fingerprint density at radius 1 is 1.23 bits per heavy atom. The van der Waals surface area contributed by atoms with Crippen molar-refractivity contribution >= 4 is 5.96 Å². The number of guanidine groups is 1. The molecule has 1 aromatic rings. The molecule has 0 aliphatic rings. The fourth-order valence-corrected chi connectivity index (χ4v) is 2.20. The quantitative estimate of drug-likeness (QED) is 0.415. The van der Waals surface area contributed by atoms with Crippen molar-refractivity contribution in [2.45, 2.75) is 46.6 Å². The van der Waals surface area contributed by atoms with Gasteiger partial charge in [0.15, 0.2) is 5.96 Å². The maximum atomic E-state index is 5.54. The van der Waals surface area contributed by atoms with Crippen molar-refractivity contribution in [1.82, 2.24) is 20.4 Å². The molecule has 0 aliphatic heterocycles. The van der Waals surface area contributed by atoms with Crippen molar-refractivity contribution in [3.05, 3.63) is 17.0 Å². The van der Waals surface area contributed by atoms with Gasteiger partial charge in [0, 0.05) is 51.7 Å². The number of ether oxygens (including phenoxy) is 1. The van der Waals surface area contributed by atoms with E-state index in [0.29, 0.717) is 0 Å². The highest BCUT2D eigenvalue weighted by atomic mass is 16.5. The van der Waals surface area contributed by atoms with E-state index in [1.54, 1.807) is 7.05 Å². The Hall–Kier alpha value is -1.56.